The van der Waals surface area contributed by atoms with E-state index in [1.54, 1.807) is 26.2 Å². The lowest BCUT2D eigenvalue weighted by Crippen LogP contribution is -2.29. The number of H-pyrrole nitrogens is 2. The van der Waals surface area contributed by atoms with Gasteiger partial charge in [-0.2, -0.15) is 0 Å². The number of nitrogen functional groups attached to an aromatic ring is 1. The van der Waals surface area contributed by atoms with Crippen molar-refractivity contribution in [2.45, 2.75) is 45.7 Å². The van der Waals surface area contributed by atoms with Crippen molar-refractivity contribution in [1.29, 1.82) is 0 Å². The van der Waals surface area contributed by atoms with Crippen LogP contribution in [0.3, 0.4) is 0 Å². The Kier molecular flexibility index (Phi) is 5.77. The maximum Gasteiger partial charge on any atom is 0.303 e. The van der Waals surface area contributed by atoms with E-state index in [1.807, 2.05) is 0 Å². The maximum atomic E-state index is 12.8. The third-order valence-electron chi connectivity index (χ3n) is 5.07. The topological polar surface area (TPSA) is 175 Å². The van der Waals surface area contributed by atoms with Crippen molar-refractivity contribution >= 4 is 22.9 Å². The Bertz CT molecular complexity index is 1300. The van der Waals surface area contributed by atoms with Crippen molar-refractivity contribution in [2.75, 3.05) is 12.8 Å². The molecule has 0 aliphatic heterocycles. The predicted molar refractivity (Wildman–Crippen MR) is 120 cm³/mol. The molecule has 4 rings (SSSR count). The third-order valence-corrected chi connectivity index (χ3v) is 5.07. The number of imidazole rings is 1. The van der Waals surface area contributed by atoms with Crippen LogP contribution in [0.5, 0.6) is 0 Å². The van der Waals surface area contributed by atoms with Crippen LogP contribution in [0.1, 0.15) is 61.4 Å². The van der Waals surface area contributed by atoms with Gasteiger partial charge in [-0.15, -0.1) is 0 Å². The summed E-state index contributed by atoms with van der Waals surface area (Å²) in [6.45, 7) is 8.32. The highest BCUT2D eigenvalue weighted by atomic mass is 16.5. The van der Waals surface area contributed by atoms with Gasteiger partial charge in [0.2, 0.25) is 5.82 Å². The zero-order chi connectivity index (χ0) is 23.8. The number of nitrogens with one attached hydrogen (secondary N) is 4. The summed E-state index contributed by atoms with van der Waals surface area (Å²) < 4.78 is 5.48. The molecule has 12 heteroatoms. The van der Waals surface area contributed by atoms with Crippen molar-refractivity contribution in [2.24, 2.45) is 0 Å². The van der Waals surface area contributed by atoms with E-state index in [-0.39, 0.29) is 22.8 Å². The molecule has 1 atom stereocenters. The fourth-order valence-electron chi connectivity index (χ4n) is 3.26. The third kappa shape index (κ3) is 4.51. The van der Waals surface area contributed by atoms with Crippen molar-refractivity contribution < 1.29 is 14.3 Å². The van der Waals surface area contributed by atoms with Gasteiger partial charge in [0.05, 0.1) is 12.2 Å². The standard InChI is InChI=1S/C21H26N10O2/c1-10(27-19(32)15-11(7-23-5)16(22)26-9-25-15)14-6-12(31-33-14)17-28-13-8-24-20(21(2,3)4)30-18(13)29-17/h6,8-10,23H,7H2,1-5H3,(H,27,32)(H2,22,25,26)(H,24,28,29,30)/p+1/t10-/m1/s1. The second-order valence-corrected chi connectivity index (χ2v) is 8.76. The number of aromatic nitrogens is 7. The number of aromatic amines is 2. The fourth-order valence-corrected chi connectivity index (χ4v) is 3.26. The fraction of sp³-hybridized carbons (Fsp3) is 0.381. The van der Waals surface area contributed by atoms with Crippen LogP contribution in [-0.4, -0.2) is 43.0 Å². The molecular weight excluding hydrogens is 424 g/mol. The van der Waals surface area contributed by atoms with E-state index >= 15 is 0 Å². The summed E-state index contributed by atoms with van der Waals surface area (Å²) in [6, 6.07) is 1.28. The molecule has 1 amide bonds. The van der Waals surface area contributed by atoms with Gasteiger partial charge in [0, 0.05) is 23.6 Å². The normalized spacial score (nSPS) is 12.8. The number of anilines is 1. The Morgan fingerprint density at radius 1 is 1.30 bits per heavy atom. The van der Waals surface area contributed by atoms with Crippen LogP contribution >= 0.6 is 0 Å². The van der Waals surface area contributed by atoms with Gasteiger partial charge in [0.15, 0.2) is 17.0 Å². The lowest BCUT2D eigenvalue weighted by Gasteiger charge is -2.13. The first kappa shape index (κ1) is 22.3. The smallest absolute Gasteiger partial charge is 0.303 e. The number of nitrogens with two attached hydrogens (primary N) is 1. The molecule has 4 aromatic rings. The van der Waals surface area contributed by atoms with E-state index in [2.05, 4.69) is 66.5 Å². The number of hydrogen-bond donors (Lipinski definition) is 4. The van der Waals surface area contributed by atoms with E-state index in [9.17, 15) is 4.79 Å². The predicted octanol–water partition coefficient (Wildman–Crippen LogP) is 1.31. The molecule has 0 unspecified atom stereocenters. The molecule has 6 N–H and O–H groups in total. The Balaban J connectivity index is 1.54. The van der Waals surface area contributed by atoms with Crippen molar-refractivity contribution in [1.82, 2.24) is 40.7 Å². The molecule has 0 saturated carbocycles. The largest absolute Gasteiger partial charge is 0.383 e. The van der Waals surface area contributed by atoms with E-state index < -0.39 is 6.04 Å². The molecule has 0 bridgehead atoms. The Hall–Kier alpha value is -3.93. The number of carbonyl (C=O) groups is 1. The van der Waals surface area contributed by atoms with E-state index in [0.29, 0.717) is 35.0 Å². The Morgan fingerprint density at radius 2 is 2.09 bits per heavy atom. The van der Waals surface area contributed by atoms with Crippen LogP contribution in [0, 0.1) is 0 Å². The van der Waals surface area contributed by atoms with Crippen LogP contribution in [0.4, 0.5) is 5.82 Å². The van der Waals surface area contributed by atoms with Crippen LogP contribution in [0.2, 0.25) is 0 Å². The first-order valence-electron chi connectivity index (χ1n) is 10.5. The van der Waals surface area contributed by atoms with E-state index in [4.69, 9.17) is 10.3 Å². The average Bonchev–Trinajstić information content (AvgIpc) is 3.41. The minimum atomic E-state index is -0.464. The van der Waals surface area contributed by atoms with Gasteiger partial charge in [-0.3, -0.25) is 9.78 Å². The number of nitrogens with zero attached hydrogens (tertiary/aromatic N) is 5. The lowest BCUT2D eigenvalue weighted by molar-refractivity contribution is -0.334. The van der Waals surface area contributed by atoms with Gasteiger partial charge in [-0.05, 0) is 14.0 Å². The van der Waals surface area contributed by atoms with Crippen LogP contribution < -0.4 is 21.4 Å². The summed E-state index contributed by atoms with van der Waals surface area (Å²) in [7, 11) is 1.75. The molecule has 172 valence electrons. The molecule has 0 spiro atoms. The number of carbonyl (C=O) groups excluding carboxylic acids is 1. The van der Waals surface area contributed by atoms with Gasteiger partial charge in [-0.1, -0.05) is 30.9 Å². The van der Waals surface area contributed by atoms with Gasteiger partial charge >= 0.3 is 5.65 Å². The van der Waals surface area contributed by atoms with Crippen molar-refractivity contribution in [3.8, 4) is 11.5 Å². The zero-order valence-electron chi connectivity index (χ0n) is 19.1. The lowest BCUT2D eigenvalue weighted by atomic mass is 9.96. The highest BCUT2D eigenvalue weighted by Crippen LogP contribution is 2.23. The van der Waals surface area contributed by atoms with Crippen LogP contribution in [0.15, 0.2) is 23.1 Å². The summed E-state index contributed by atoms with van der Waals surface area (Å²) in [5, 5.41) is 9.95. The minimum absolute atomic E-state index is 0.171. The molecule has 4 aromatic heterocycles. The first-order chi connectivity index (χ1) is 15.7. The van der Waals surface area contributed by atoms with E-state index in [1.165, 1.54) is 6.33 Å². The molecule has 0 aliphatic rings. The summed E-state index contributed by atoms with van der Waals surface area (Å²) in [5.41, 5.74) is 8.45. The van der Waals surface area contributed by atoms with Gasteiger partial charge < -0.3 is 20.9 Å². The molecule has 4 heterocycles. The van der Waals surface area contributed by atoms with Gasteiger partial charge in [0.1, 0.15) is 17.8 Å². The zero-order valence-corrected chi connectivity index (χ0v) is 19.1. The summed E-state index contributed by atoms with van der Waals surface area (Å²) in [5.74, 6) is 1.70. The summed E-state index contributed by atoms with van der Waals surface area (Å²) >= 11 is 0. The number of amides is 1. The highest BCUT2D eigenvalue weighted by Gasteiger charge is 2.25. The van der Waals surface area contributed by atoms with Gasteiger partial charge in [-0.25, -0.2) is 19.9 Å². The van der Waals surface area contributed by atoms with Gasteiger partial charge in [0.25, 0.3) is 11.7 Å². The molecular formula is C21H27N10O2+. The quantitative estimate of drug-likeness (QED) is 0.337. The van der Waals surface area contributed by atoms with Crippen LogP contribution in [0.25, 0.3) is 22.7 Å². The second kappa shape index (κ2) is 8.54. The molecule has 0 fully saturated rings. The van der Waals surface area contributed by atoms with Crippen molar-refractivity contribution in [3.05, 3.63) is 41.4 Å². The Labute approximate surface area is 189 Å². The van der Waals surface area contributed by atoms with Crippen molar-refractivity contribution in [3.63, 3.8) is 0 Å². The molecule has 0 saturated heterocycles. The number of rotatable bonds is 6. The maximum absolute atomic E-state index is 12.8. The molecule has 0 radical (unpaired) electrons. The number of fused-ring (bicyclic) bond motifs is 1. The molecule has 0 aliphatic carbocycles. The number of hydrogen-bond acceptors (Lipinski definition) is 9. The average molecular weight is 452 g/mol. The monoisotopic (exact) mass is 451 g/mol. The second-order valence-electron chi connectivity index (χ2n) is 8.76. The molecule has 33 heavy (non-hydrogen) atoms. The summed E-state index contributed by atoms with van der Waals surface area (Å²) in [4.78, 5) is 36.3. The molecule has 0 aromatic carbocycles. The minimum Gasteiger partial charge on any atom is -0.383 e. The Morgan fingerprint density at radius 3 is 2.82 bits per heavy atom. The summed E-state index contributed by atoms with van der Waals surface area (Å²) in [6.07, 6.45) is 3.00. The SMILES string of the molecule is CNCc1c(N)ncnc1C(=O)N[C@H](C)c1cc(-c2[nH]c3cnc(C(C)(C)C)nc3[nH+]2)no1. The van der Waals surface area contributed by atoms with Crippen LogP contribution in [-0.2, 0) is 12.0 Å². The van der Waals surface area contributed by atoms with E-state index in [0.717, 1.165) is 11.3 Å². The first-order valence-corrected chi connectivity index (χ1v) is 10.5. The highest BCUT2D eigenvalue weighted by molar-refractivity contribution is 5.94. The molecule has 12 nitrogen and oxygen atoms in total.